The lowest BCUT2D eigenvalue weighted by atomic mass is 10.2. The first-order chi connectivity index (χ1) is 6.69. The highest BCUT2D eigenvalue weighted by Gasteiger charge is 2.10. The van der Waals surface area contributed by atoms with Crippen LogP contribution < -0.4 is 10.6 Å². The van der Waals surface area contributed by atoms with Crippen LogP contribution in [-0.2, 0) is 0 Å². The summed E-state index contributed by atoms with van der Waals surface area (Å²) in [6.07, 6.45) is 0. The molecule has 0 bridgehead atoms. The van der Waals surface area contributed by atoms with Gasteiger partial charge in [0.25, 0.3) is 0 Å². The summed E-state index contributed by atoms with van der Waals surface area (Å²) in [6, 6.07) is 7.88. The number of benzene rings is 1. The number of anilines is 1. The number of hydrogen-bond donors (Lipinski definition) is 0. The Kier molecular flexibility index (Phi) is 3.08. The highest BCUT2D eigenvalue weighted by atomic mass is 16.2. The van der Waals surface area contributed by atoms with Gasteiger partial charge in [-0.3, -0.25) is 4.90 Å². The largest absolute Gasteiger partial charge is 0.340 e. The molecular formula is C10H10N3O. The van der Waals surface area contributed by atoms with Crippen LogP contribution in [0.1, 0.15) is 12.5 Å². The molecule has 1 radical (unpaired) electrons. The van der Waals surface area contributed by atoms with Crippen molar-refractivity contribution in [1.29, 1.82) is 5.26 Å². The molecule has 0 heterocycles. The Balaban J connectivity index is 3.05. The SMILES string of the molecule is CCN(C([NH])=O)c1cccc(C#N)c1. The topological polar surface area (TPSA) is 67.9 Å². The van der Waals surface area contributed by atoms with Gasteiger partial charge in [0.2, 0.25) is 0 Å². The lowest BCUT2D eigenvalue weighted by Gasteiger charge is -2.17. The summed E-state index contributed by atoms with van der Waals surface area (Å²) in [4.78, 5) is 12.2. The number of carbonyl (C=O) groups excluding carboxylic acids is 1. The van der Waals surface area contributed by atoms with Crippen molar-refractivity contribution < 1.29 is 4.79 Å². The smallest absolute Gasteiger partial charge is 0.293 e. The summed E-state index contributed by atoms with van der Waals surface area (Å²) >= 11 is 0. The van der Waals surface area contributed by atoms with Crippen molar-refractivity contribution in [2.75, 3.05) is 11.4 Å². The number of nitrogens with one attached hydrogen (secondary N) is 1. The third-order valence-electron chi connectivity index (χ3n) is 1.85. The molecule has 0 spiro atoms. The summed E-state index contributed by atoms with van der Waals surface area (Å²) in [6.45, 7) is 2.21. The fourth-order valence-corrected chi connectivity index (χ4v) is 1.19. The fourth-order valence-electron chi connectivity index (χ4n) is 1.19. The Bertz CT molecular complexity index is 381. The van der Waals surface area contributed by atoms with Crippen molar-refractivity contribution in [1.82, 2.24) is 5.73 Å². The zero-order valence-electron chi connectivity index (χ0n) is 7.82. The van der Waals surface area contributed by atoms with Crippen molar-refractivity contribution in [3.63, 3.8) is 0 Å². The van der Waals surface area contributed by atoms with Gasteiger partial charge in [-0.15, -0.1) is 0 Å². The number of amides is 2. The van der Waals surface area contributed by atoms with Gasteiger partial charge in [-0.25, -0.2) is 10.5 Å². The predicted molar refractivity (Wildman–Crippen MR) is 52.7 cm³/mol. The average Bonchev–Trinajstić information content (AvgIpc) is 2.19. The minimum atomic E-state index is -0.761. The van der Waals surface area contributed by atoms with Crippen molar-refractivity contribution in [2.24, 2.45) is 0 Å². The Morgan fingerprint density at radius 1 is 1.64 bits per heavy atom. The molecule has 0 unspecified atom stereocenters. The molecule has 4 nitrogen and oxygen atoms in total. The first-order valence-corrected chi connectivity index (χ1v) is 4.22. The van der Waals surface area contributed by atoms with Gasteiger partial charge in [0, 0.05) is 12.2 Å². The van der Waals surface area contributed by atoms with Gasteiger partial charge in [-0.05, 0) is 25.1 Å². The van der Waals surface area contributed by atoms with Crippen LogP contribution in [0, 0.1) is 11.3 Å². The van der Waals surface area contributed by atoms with Crippen molar-refractivity contribution >= 4 is 11.7 Å². The van der Waals surface area contributed by atoms with E-state index in [-0.39, 0.29) is 0 Å². The molecule has 0 saturated heterocycles. The summed E-state index contributed by atoms with van der Waals surface area (Å²) in [5, 5.41) is 8.65. The van der Waals surface area contributed by atoms with Gasteiger partial charge in [0.1, 0.15) is 0 Å². The van der Waals surface area contributed by atoms with E-state index in [4.69, 9.17) is 11.0 Å². The second-order valence-corrected chi connectivity index (χ2v) is 2.71. The first-order valence-electron chi connectivity index (χ1n) is 4.22. The molecule has 1 aromatic carbocycles. The van der Waals surface area contributed by atoms with Gasteiger partial charge in [0.05, 0.1) is 11.6 Å². The maximum atomic E-state index is 10.9. The van der Waals surface area contributed by atoms with Crippen LogP contribution in [0.25, 0.3) is 0 Å². The van der Waals surface area contributed by atoms with E-state index < -0.39 is 6.03 Å². The van der Waals surface area contributed by atoms with E-state index in [0.717, 1.165) is 0 Å². The molecule has 0 aliphatic carbocycles. The Morgan fingerprint density at radius 3 is 2.86 bits per heavy atom. The molecule has 0 aliphatic heterocycles. The normalized spacial score (nSPS) is 9.14. The molecule has 0 aliphatic rings. The number of hydrogen-bond acceptors (Lipinski definition) is 2. The third-order valence-corrected chi connectivity index (χ3v) is 1.85. The van der Waals surface area contributed by atoms with E-state index >= 15 is 0 Å². The van der Waals surface area contributed by atoms with E-state index in [0.29, 0.717) is 17.8 Å². The maximum Gasteiger partial charge on any atom is 0.340 e. The molecule has 1 rings (SSSR count). The number of urea groups is 1. The summed E-state index contributed by atoms with van der Waals surface area (Å²) in [5.74, 6) is 0. The second kappa shape index (κ2) is 4.28. The van der Waals surface area contributed by atoms with Gasteiger partial charge in [0.15, 0.2) is 0 Å². The molecule has 0 atom stereocenters. The van der Waals surface area contributed by atoms with Crippen LogP contribution >= 0.6 is 0 Å². The molecular weight excluding hydrogens is 178 g/mol. The van der Waals surface area contributed by atoms with Crippen LogP contribution in [0.5, 0.6) is 0 Å². The van der Waals surface area contributed by atoms with E-state index in [1.165, 1.54) is 4.90 Å². The molecule has 0 fully saturated rings. The number of nitriles is 1. The zero-order chi connectivity index (χ0) is 10.6. The van der Waals surface area contributed by atoms with Crippen molar-refractivity contribution in [3.05, 3.63) is 29.8 Å². The van der Waals surface area contributed by atoms with Crippen LogP contribution in [-0.4, -0.2) is 12.6 Å². The molecule has 2 amide bonds. The highest BCUT2D eigenvalue weighted by molar-refractivity contribution is 5.90. The zero-order valence-corrected chi connectivity index (χ0v) is 7.82. The average molecular weight is 188 g/mol. The van der Waals surface area contributed by atoms with Gasteiger partial charge >= 0.3 is 6.03 Å². The van der Waals surface area contributed by atoms with Crippen molar-refractivity contribution in [2.45, 2.75) is 6.92 Å². The lowest BCUT2D eigenvalue weighted by molar-refractivity contribution is 0.253. The minimum absolute atomic E-state index is 0.428. The molecule has 14 heavy (non-hydrogen) atoms. The summed E-state index contributed by atoms with van der Waals surface area (Å²) in [7, 11) is 0. The quantitative estimate of drug-likeness (QED) is 0.709. The van der Waals surface area contributed by atoms with Crippen LogP contribution in [0.2, 0.25) is 0 Å². The molecule has 71 valence electrons. The van der Waals surface area contributed by atoms with Crippen LogP contribution in [0.3, 0.4) is 0 Å². The molecule has 1 aromatic rings. The highest BCUT2D eigenvalue weighted by Crippen LogP contribution is 2.15. The Labute approximate surface area is 82.5 Å². The van der Waals surface area contributed by atoms with E-state index in [2.05, 4.69) is 0 Å². The molecule has 4 heteroatoms. The molecule has 1 N–H and O–H groups in total. The van der Waals surface area contributed by atoms with E-state index in [1.54, 1.807) is 31.2 Å². The second-order valence-electron chi connectivity index (χ2n) is 2.71. The minimum Gasteiger partial charge on any atom is -0.293 e. The van der Waals surface area contributed by atoms with Crippen molar-refractivity contribution in [3.8, 4) is 6.07 Å². The predicted octanol–water partition coefficient (Wildman–Crippen LogP) is 1.79. The third kappa shape index (κ3) is 2.02. The van der Waals surface area contributed by atoms with Gasteiger partial charge in [-0.1, -0.05) is 6.07 Å². The van der Waals surface area contributed by atoms with E-state index in [1.807, 2.05) is 6.07 Å². The summed E-state index contributed by atoms with van der Waals surface area (Å²) < 4.78 is 0. The summed E-state index contributed by atoms with van der Waals surface area (Å²) in [5.41, 5.74) is 8.08. The van der Waals surface area contributed by atoms with Gasteiger partial charge < -0.3 is 0 Å². The van der Waals surface area contributed by atoms with Gasteiger partial charge in [-0.2, -0.15) is 5.26 Å². The first kappa shape index (κ1) is 10.1. The maximum absolute atomic E-state index is 10.9. The monoisotopic (exact) mass is 188 g/mol. The Hall–Kier alpha value is -2.02. The lowest BCUT2D eigenvalue weighted by Crippen LogP contribution is -2.29. The van der Waals surface area contributed by atoms with Crippen LogP contribution in [0.15, 0.2) is 24.3 Å². The molecule has 0 saturated carbocycles. The number of rotatable bonds is 2. The Morgan fingerprint density at radius 2 is 2.36 bits per heavy atom. The number of nitrogens with zero attached hydrogens (tertiary/aromatic N) is 2. The van der Waals surface area contributed by atoms with E-state index in [9.17, 15) is 4.79 Å². The fraction of sp³-hybridized carbons (Fsp3) is 0.200. The standard InChI is InChI=1S/C10H10N3O/c1-2-13(10(12)14)9-5-3-4-8(6-9)7-11/h3-6,12H,2H2,1H3. The van der Waals surface area contributed by atoms with Crippen LogP contribution in [0.4, 0.5) is 10.5 Å². The number of carbonyl (C=O) groups is 1. The molecule has 0 aromatic heterocycles.